The Morgan fingerprint density at radius 1 is 1.03 bits per heavy atom. The fourth-order valence-corrected chi connectivity index (χ4v) is 5.99. The van der Waals surface area contributed by atoms with Crippen LogP contribution in [0.4, 0.5) is 5.13 Å². The number of thiazole rings is 1. The summed E-state index contributed by atoms with van der Waals surface area (Å²) < 4.78 is 26.7. The number of pyridine rings is 1. The summed E-state index contributed by atoms with van der Waals surface area (Å²) in [4.78, 5) is 33.8. The number of nitrogens with zero attached hydrogens (tertiary/aromatic N) is 3. The molecule has 0 atom stereocenters. The van der Waals surface area contributed by atoms with E-state index in [1.54, 1.807) is 30.6 Å². The van der Waals surface area contributed by atoms with Gasteiger partial charge in [0, 0.05) is 42.5 Å². The van der Waals surface area contributed by atoms with Gasteiger partial charge in [-0.05, 0) is 47.0 Å². The molecule has 1 aliphatic rings. The first-order valence-corrected chi connectivity index (χ1v) is 13.9. The third-order valence-electron chi connectivity index (χ3n) is 5.96. The number of nitrogens with one attached hydrogen (secondary N) is 2. The van der Waals surface area contributed by atoms with E-state index in [2.05, 4.69) is 20.6 Å². The van der Waals surface area contributed by atoms with Crippen molar-refractivity contribution in [3.63, 3.8) is 0 Å². The van der Waals surface area contributed by atoms with Crippen LogP contribution in [-0.4, -0.2) is 54.6 Å². The highest BCUT2D eigenvalue weighted by Gasteiger charge is 2.26. The number of hydrogen-bond donors (Lipinski definition) is 2. The topological polar surface area (TPSA) is 121 Å². The molecule has 4 aromatic rings. The van der Waals surface area contributed by atoms with Crippen molar-refractivity contribution >= 4 is 44.4 Å². The smallest absolute Gasteiger partial charge is 0.251 e. The second kappa shape index (κ2) is 10.7. The van der Waals surface area contributed by atoms with Gasteiger partial charge < -0.3 is 10.6 Å². The lowest BCUT2D eigenvalue weighted by atomic mass is 10.0. The standard InChI is InChI=1S/C27H23N5O4S2/c1-32-13-3-6-19-7-8-22(15-24(19)38(32,35)36)26(34)29-16-25(33)31-27-30-23(17-37-27)21-5-2-4-20(14-21)18-9-11-28-12-10-18/h2-12,14-15,17H,13,16H2,1H3,(H,29,34)(H,30,31,33). The molecule has 1 aliphatic heterocycles. The maximum atomic E-state index is 12.7. The molecule has 9 nitrogen and oxygen atoms in total. The Labute approximate surface area is 223 Å². The van der Waals surface area contributed by atoms with Crippen LogP contribution in [0.1, 0.15) is 15.9 Å². The average Bonchev–Trinajstić information content (AvgIpc) is 3.36. The van der Waals surface area contributed by atoms with Crippen LogP contribution in [0.5, 0.6) is 0 Å². The van der Waals surface area contributed by atoms with Gasteiger partial charge in [0.2, 0.25) is 15.9 Å². The normalized spacial score (nSPS) is 14.3. The van der Waals surface area contributed by atoms with Gasteiger partial charge in [0.25, 0.3) is 5.91 Å². The van der Waals surface area contributed by atoms with Crippen LogP contribution in [0.15, 0.2) is 83.3 Å². The summed E-state index contributed by atoms with van der Waals surface area (Å²) in [5, 5.41) is 7.49. The molecule has 192 valence electrons. The number of amides is 2. The van der Waals surface area contributed by atoms with Gasteiger partial charge in [-0.15, -0.1) is 11.3 Å². The van der Waals surface area contributed by atoms with E-state index in [0.29, 0.717) is 10.7 Å². The summed E-state index contributed by atoms with van der Waals surface area (Å²) in [6, 6.07) is 16.2. The maximum Gasteiger partial charge on any atom is 0.251 e. The Bertz CT molecular complexity index is 1650. The van der Waals surface area contributed by atoms with Crippen molar-refractivity contribution in [1.29, 1.82) is 0 Å². The fraction of sp³-hybridized carbons (Fsp3) is 0.111. The summed E-state index contributed by atoms with van der Waals surface area (Å²) >= 11 is 1.28. The Kier molecular flexibility index (Phi) is 7.14. The number of likely N-dealkylation sites (N-methyl/N-ethyl adjacent to an activating group) is 1. The van der Waals surface area contributed by atoms with Crippen molar-refractivity contribution < 1.29 is 18.0 Å². The Morgan fingerprint density at radius 2 is 1.82 bits per heavy atom. The van der Waals surface area contributed by atoms with Gasteiger partial charge in [-0.25, -0.2) is 13.4 Å². The third-order valence-corrected chi connectivity index (χ3v) is 8.59. The first-order valence-electron chi connectivity index (χ1n) is 11.6. The minimum atomic E-state index is -3.72. The van der Waals surface area contributed by atoms with Gasteiger partial charge in [0.1, 0.15) is 0 Å². The van der Waals surface area contributed by atoms with Crippen LogP contribution in [0.2, 0.25) is 0 Å². The average molecular weight is 546 g/mol. The molecule has 2 aromatic heterocycles. The second-order valence-corrected chi connectivity index (χ2v) is 11.4. The van der Waals surface area contributed by atoms with Gasteiger partial charge >= 0.3 is 0 Å². The molecule has 0 fully saturated rings. The molecule has 0 unspecified atom stereocenters. The molecule has 0 saturated heterocycles. The van der Waals surface area contributed by atoms with E-state index >= 15 is 0 Å². The number of aromatic nitrogens is 2. The fourth-order valence-electron chi connectivity index (χ4n) is 3.92. The molecule has 0 aliphatic carbocycles. The molecule has 11 heteroatoms. The van der Waals surface area contributed by atoms with Crippen molar-refractivity contribution in [2.24, 2.45) is 0 Å². The number of benzene rings is 2. The molecule has 38 heavy (non-hydrogen) atoms. The van der Waals surface area contributed by atoms with Crippen molar-refractivity contribution in [2.45, 2.75) is 4.90 Å². The summed E-state index contributed by atoms with van der Waals surface area (Å²) in [6.45, 7) is -0.0533. The molecule has 3 heterocycles. The van der Waals surface area contributed by atoms with E-state index in [-0.39, 0.29) is 23.5 Å². The van der Waals surface area contributed by atoms with E-state index in [0.717, 1.165) is 22.4 Å². The summed E-state index contributed by atoms with van der Waals surface area (Å²) in [5.41, 5.74) is 4.35. The zero-order valence-corrected chi connectivity index (χ0v) is 21.9. The summed E-state index contributed by atoms with van der Waals surface area (Å²) in [7, 11) is -2.24. The molecule has 0 saturated carbocycles. The highest BCUT2D eigenvalue weighted by atomic mass is 32.2. The molecule has 2 aromatic carbocycles. The van der Waals surface area contributed by atoms with Gasteiger partial charge in [-0.2, -0.15) is 4.31 Å². The van der Waals surface area contributed by atoms with Gasteiger partial charge in [-0.3, -0.25) is 14.6 Å². The molecule has 5 rings (SSSR count). The number of rotatable bonds is 6. The quantitative estimate of drug-likeness (QED) is 0.379. The van der Waals surface area contributed by atoms with Crippen LogP contribution in [-0.2, 0) is 14.8 Å². The highest BCUT2D eigenvalue weighted by Crippen LogP contribution is 2.29. The zero-order valence-electron chi connectivity index (χ0n) is 20.3. The lowest BCUT2D eigenvalue weighted by Gasteiger charge is -2.15. The number of carbonyl (C=O) groups excluding carboxylic acids is 2. The van der Waals surface area contributed by atoms with Crippen LogP contribution >= 0.6 is 11.3 Å². The van der Waals surface area contributed by atoms with Crippen LogP contribution in [0, 0.1) is 0 Å². The van der Waals surface area contributed by atoms with Crippen LogP contribution < -0.4 is 10.6 Å². The molecule has 2 amide bonds. The van der Waals surface area contributed by atoms with Crippen LogP contribution in [0.3, 0.4) is 0 Å². The van der Waals surface area contributed by atoms with Gasteiger partial charge in [-0.1, -0.05) is 36.4 Å². The lowest BCUT2D eigenvalue weighted by molar-refractivity contribution is -0.115. The summed E-state index contributed by atoms with van der Waals surface area (Å²) in [5.74, 6) is -1.00. The largest absolute Gasteiger partial charge is 0.343 e. The molecule has 0 spiro atoms. The highest BCUT2D eigenvalue weighted by molar-refractivity contribution is 7.89. The number of sulfonamides is 1. The number of hydrogen-bond acceptors (Lipinski definition) is 7. The second-order valence-electron chi connectivity index (χ2n) is 8.53. The third kappa shape index (κ3) is 5.40. The van der Waals surface area contributed by atoms with Crippen molar-refractivity contribution in [1.82, 2.24) is 19.6 Å². The number of fused-ring (bicyclic) bond motifs is 1. The zero-order chi connectivity index (χ0) is 26.7. The predicted octanol–water partition coefficient (Wildman–Crippen LogP) is 3.89. The van der Waals surface area contributed by atoms with Crippen molar-refractivity contribution in [2.75, 3.05) is 25.5 Å². The Hall–Kier alpha value is -4.19. The molecular formula is C27H23N5O4S2. The lowest BCUT2D eigenvalue weighted by Crippen LogP contribution is -2.33. The summed E-state index contributed by atoms with van der Waals surface area (Å²) in [6.07, 6.45) is 6.93. The SMILES string of the molecule is CN1CC=Cc2ccc(C(=O)NCC(=O)Nc3nc(-c4cccc(-c5ccncc5)c4)cs3)cc2S1(=O)=O. The molecule has 0 bridgehead atoms. The van der Waals surface area contributed by atoms with E-state index in [1.165, 1.54) is 34.8 Å². The van der Waals surface area contributed by atoms with Gasteiger partial charge in [0.15, 0.2) is 5.13 Å². The van der Waals surface area contributed by atoms with Crippen LogP contribution in [0.25, 0.3) is 28.5 Å². The monoisotopic (exact) mass is 545 g/mol. The predicted molar refractivity (Wildman–Crippen MR) is 147 cm³/mol. The van der Waals surface area contributed by atoms with Crippen molar-refractivity contribution in [3.05, 3.63) is 89.6 Å². The minimum absolute atomic E-state index is 0.0502. The van der Waals surface area contributed by atoms with E-state index in [1.807, 2.05) is 41.8 Å². The Morgan fingerprint density at radius 3 is 2.63 bits per heavy atom. The van der Waals surface area contributed by atoms with Crippen molar-refractivity contribution in [3.8, 4) is 22.4 Å². The van der Waals surface area contributed by atoms with E-state index in [4.69, 9.17) is 0 Å². The molecule has 0 radical (unpaired) electrons. The molecular weight excluding hydrogens is 522 g/mol. The number of anilines is 1. The molecule has 2 N–H and O–H groups in total. The van der Waals surface area contributed by atoms with Gasteiger partial charge in [0.05, 0.1) is 17.1 Å². The first-order chi connectivity index (χ1) is 18.3. The minimum Gasteiger partial charge on any atom is -0.343 e. The maximum absolute atomic E-state index is 12.7. The van der Waals surface area contributed by atoms with E-state index in [9.17, 15) is 18.0 Å². The number of carbonyl (C=O) groups is 2. The first kappa shape index (κ1) is 25.5. The van der Waals surface area contributed by atoms with E-state index < -0.39 is 21.8 Å². The Balaban J connectivity index is 1.22.